The van der Waals surface area contributed by atoms with E-state index in [1.165, 1.54) is 19.1 Å². The number of nitrogens with zero attached hydrogens (tertiary/aromatic N) is 1. The van der Waals surface area contributed by atoms with Gasteiger partial charge in [0.05, 0.1) is 16.6 Å². The Bertz CT molecular complexity index is 580. The Morgan fingerprint density at radius 3 is 2.50 bits per heavy atom. The molecule has 0 aliphatic rings. The number of carboxylic acids is 1. The van der Waals surface area contributed by atoms with Crippen molar-refractivity contribution in [1.82, 2.24) is 0 Å². The lowest BCUT2D eigenvalue weighted by atomic mass is 10.2. The highest BCUT2D eigenvalue weighted by Gasteiger charge is 2.28. The molecule has 1 atom stereocenters. The zero-order valence-electron chi connectivity index (χ0n) is 9.44. The predicted molar refractivity (Wildman–Crippen MR) is 61.9 cm³/mol. The summed E-state index contributed by atoms with van der Waals surface area (Å²) in [6.07, 6.45) is 0. The first-order valence-corrected chi connectivity index (χ1v) is 6.60. The van der Waals surface area contributed by atoms with Crippen molar-refractivity contribution in [2.75, 3.05) is 5.75 Å². The van der Waals surface area contributed by atoms with Crippen molar-refractivity contribution in [3.63, 3.8) is 0 Å². The van der Waals surface area contributed by atoms with Crippen LogP contribution in [-0.2, 0) is 14.6 Å². The third kappa shape index (κ3) is 3.04. The maximum absolute atomic E-state index is 11.9. The van der Waals surface area contributed by atoms with Crippen molar-refractivity contribution >= 4 is 21.5 Å². The van der Waals surface area contributed by atoms with E-state index in [0.29, 0.717) is 0 Å². The van der Waals surface area contributed by atoms with Crippen LogP contribution < -0.4 is 0 Å². The summed E-state index contributed by atoms with van der Waals surface area (Å²) in [6.45, 7) is 1.23. The molecule has 0 radical (unpaired) electrons. The summed E-state index contributed by atoms with van der Waals surface area (Å²) in [4.78, 5) is 20.1. The highest BCUT2D eigenvalue weighted by molar-refractivity contribution is 7.91. The van der Waals surface area contributed by atoms with Crippen molar-refractivity contribution in [3.05, 3.63) is 34.4 Å². The number of hydrogen-bond donors (Lipinski definition) is 1. The molecule has 1 aromatic rings. The number of nitro groups is 1. The zero-order chi connectivity index (χ0) is 13.9. The van der Waals surface area contributed by atoms with Gasteiger partial charge in [-0.3, -0.25) is 14.9 Å². The Kier molecular flexibility index (Phi) is 4.02. The smallest absolute Gasteiger partial charge is 0.307 e. The normalized spacial score (nSPS) is 12.9. The second-order valence-electron chi connectivity index (χ2n) is 3.75. The number of nitro benzene ring substituents is 1. The van der Waals surface area contributed by atoms with Gasteiger partial charge in [-0.1, -0.05) is 19.1 Å². The molecule has 8 heteroatoms. The van der Waals surface area contributed by atoms with E-state index in [1.807, 2.05) is 0 Å². The lowest BCUT2D eigenvalue weighted by Gasteiger charge is -2.07. The fourth-order valence-corrected chi connectivity index (χ4v) is 3.09. The molecule has 1 N–H and O–H groups in total. The van der Waals surface area contributed by atoms with E-state index in [1.54, 1.807) is 0 Å². The summed E-state index contributed by atoms with van der Waals surface area (Å²) in [6, 6.07) is 4.86. The molecule has 0 heterocycles. The Labute approximate surface area is 103 Å². The molecule has 7 nitrogen and oxygen atoms in total. The number of carboxylic acid groups (broad SMARTS) is 1. The van der Waals surface area contributed by atoms with Crippen LogP contribution in [0.1, 0.15) is 6.92 Å². The van der Waals surface area contributed by atoms with Gasteiger partial charge in [0.1, 0.15) is 4.90 Å². The molecule has 1 aromatic carbocycles. The summed E-state index contributed by atoms with van der Waals surface area (Å²) in [5.41, 5.74) is -0.546. The van der Waals surface area contributed by atoms with Crippen molar-refractivity contribution in [1.29, 1.82) is 0 Å². The Balaban J connectivity index is 3.21. The second-order valence-corrected chi connectivity index (χ2v) is 5.75. The van der Waals surface area contributed by atoms with E-state index < -0.39 is 43.0 Å². The first-order valence-electron chi connectivity index (χ1n) is 4.94. The Morgan fingerprint density at radius 1 is 1.44 bits per heavy atom. The fraction of sp³-hybridized carbons (Fsp3) is 0.300. The van der Waals surface area contributed by atoms with Gasteiger partial charge in [-0.2, -0.15) is 0 Å². The third-order valence-electron chi connectivity index (χ3n) is 2.29. The third-order valence-corrected chi connectivity index (χ3v) is 4.24. The average Bonchev–Trinajstić information content (AvgIpc) is 2.28. The van der Waals surface area contributed by atoms with Gasteiger partial charge in [0.25, 0.3) is 5.69 Å². The van der Waals surface area contributed by atoms with Gasteiger partial charge in [-0.15, -0.1) is 0 Å². The van der Waals surface area contributed by atoms with Gasteiger partial charge < -0.3 is 5.11 Å². The average molecular weight is 273 g/mol. The summed E-state index contributed by atoms with van der Waals surface area (Å²) >= 11 is 0. The molecule has 0 aliphatic heterocycles. The van der Waals surface area contributed by atoms with Gasteiger partial charge in [0.15, 0.2) is 9.84 Å². The van der Waals surface area contributed by atoms with Crippen molar-refractivity contribution < 1.29 is 23.2 Å². The van der Waals surface area contributed by atoms with Gasteiger partial charge in [0, 0.05) is 6.07 Å². The molecule has 0 bridgehead atoms. The van der Waals surface area contributed by atoms with Gasteiger partial charge in [-0.25, -0.2) is 8.42 Å². The van der Waals surface area contributed by atoms with E-state index >= 15 is 0 Å². The van der Waals surface area contributed by atoms with Crippen LogP contribution >= 0.6 is 0 Å². The number of rotatable bonds is 5. The SMILES string of the molecule is CC(CS(=O)(=O)c1ccccc1[N+](=O)[O-])C(=O)O. The monoisotopic (exact) mass is 273 g/mol. The molecule has 1 unspecified atom stereocenters. The molecule has 18 heavy (non-hydrogen) atoms. The van der Waals surface area contributed by atoms with Gasteiger partial charge in [-0.05, 0) is 6.07 Å². The molecule has 1 rings (SSSR count). The molecule has 98 valence electrons. The number of carbonyl (C=O) groups is 1. The molecule has 0 saturated heterocycles. The Morgan fingerprint density at radius 2 is 2.00 bits per heavy atom. The van der Waals surface area contributed by atoms with E-state index in [4.69, 9.17) is 5.11 Å². The molecule has 0 saturated carbocycles. The number of sulfone groups is 1. The quantitative estimate of drug-likeness (QED) is 0.634. The largest absolute Gasteiger partial charge is 0.481 e. The zero-order valence-corrected chi connectivity index (χ0v) is 10.3. The first kappa shape index (κ1) is 14.1. The summed E-state index contributed by atoms with van der Waals surface area (Å²) < 4.78 is 23.8. The number of para-hydroxylation sites is 1. The molecule has 0 amide bonds. The fourth-order valence-electron chi connectivity index (χ4n) is 1.36. The number of hydrogen-bond acceptors (Lipinski definition) is 5. The summed E-state index contributed by atoms with van der Waals surface area (Å²) in [7, 11) is -4.00. The lowest BCUT2D eigenvalue weighted by molar-refractivity contribution is -0.387. The van der Waals surface area contributed by atoms with E-state index in [9.17, 15) is 23.3 Å². The first-order chi connectivity index (χ1) is 8.25. The molecule has 0 spiro atoms. The molecular weight excluding hydrogens is 262 g/mol. The minimum absolute atomic E-state index is 0.455. The van der Waals surface area contributed by atoms with Crippen LogP contribution in [0.5, 0.6) is 0 Å². The van der Waals surface area contributed by atoms with Crippen LogP contribution in [0.25, 0.3) is 0 Å². The summed E-state index contributed by atoms with van der Waals surface area (Å²) in [5.74, 6) is -3.07. The van der Waals surface area contributed by atoms with Crippen LogP contribution in [0.3, 0.4) is 0 Å². The molecule has 0 aromatic heterocycles. The maximum atomic E-state index is 11.9. The number of benzene rings is 1. The standard InChI is InChI=1S/C10H11NO6S/c1-7(10(12)13)6-18(16,17)9-5-3-2-4-8(9)11(14)15/h2-5,7H,6H2,1H3,(H,12,13). The van der Waals surface area contributed by atoms with E-state index in [2.05, 4.69) is 0 Å². The summed E-state index contributed by atoms with van der Waals surface area (Å²) in [5, 5.41) is 19.4. The highest BCUT2D eigenvalue weighted by Crippen LogP contribution is 2.25. The van der Waals surface area contributed by atoms with Crippen molar-refractivity contribution in [2.24, 2.45) is 5.92 Å². The predicted octanol–water partition coefficient (Wildman–Crippen LogP) is 1.09. The molecule has 0 fully saturated rings. The van der Waals surface area contributed by atoms with Crippen LogP contribution in [0.2, 0.25) is 0 Å². The van der Waals surface area contributed by atoms with Crippen LogP contribution in [-0.4, -0.2) is 30.2 Å². The van der Waals surface area contributed by atoms with Gasteiger partial charge in [0.2, 0.25) is 0 Å². The maximum Gasteiger partial charge on any atom is 0.307 e. The Hall–Kier alpha value is -1.96. The second kappa shape index (κ2) is 5.13. The highest BCUT2D eigenvalue weighted by atomic mass is 32.2. The van der Waals surface area contributed by atoms with Crippen molar-refractivity contribution in [3.8, 4) is 0 Å². The number of aliphatic carboxylic acids is 1. The molecule has 0 aliphatic carbocycles. The lowest BCUT2D eigenvalue weighted by Crippen LogP contribution is -2.21. The van der Waals surface area contributed by atoms with Crippen molar-refractivity contribution in [2.45, 2.75) is 11.8 Å². The minimum Gasteiger partial charge on any atom is -0.481 e. The minimum atomic E-state index is -4.00. The topological polar surface area (TPSA) is 115 Å². The van der Waals surface area contributed by atoms with E-state index in [0.717, 1.165) is 12.1 Å². The van der Waals surface area contributed by atoms with E-state index in [-0.39, 0.29) is 0 Å². The molecular formula is C10H11NO6S. The van der Waals surface area contributed by atoms with Crippen LogP contribution in [0.15, 0.2) is 29.2 Å². The van der Waals surface area contributed by atoms with Gasteiger partial charge >= 0.3 is 5.97 Å². The van der Waals surface area contributed by atoms with Crippen LogP contribution in [0.4, 0.5) is 5.69 Å². The van der Waals surface area contributed by atoms with Crippen LogP contribution in [0, 0.1) is 16.0 Å².